The van der Waals surface area contributed by atoms with Crippen LogP contribution in [0.2, 0.25) is 0 Å². The van der Waals surface area contributed by atoms with E-state index in [4.69, 9.17) is 0 Å². The molecule has 2 aliphatic carbocycles. The molecule has 0 radical (unpaired) electrons. The predicted molar refractivity (Wildman–Crippen MR) is 178 cm³/mol. The lowest BCUT2D eigenvalue weighted by atomic mass is 9.85. The molecule has 11 heteroatoms. The molecular weight excluding hydrogens is 620 g/mol. The van der Waals surface area contributed by atoms with Crippen molar-refractivity contribution in [3.63, 3.8) is 0 Å². The quantitative estimate of drug-likeness (QED) is 0.119. The van der Waals surface area contributed by atoms with E-state index in [-0.39, 0.29) is 62.8 Å². The van der Waals surface area contributed by atoms with Gasteiger partial charge in [0, 0.05) is 42.9 Å². The minimum Gasteiger partial charge on any atom is -0.381 e. The number of nitrogens with one attached hydrogen (secondary N) is 4. The lowest BCUT2D eigenvalue weighted by molar-refractivity contribution is -0.129. The van der Waals surface area contributed by atoms with Gasteiger partial charge in [-0.15, -0.1) is 0 Å². The number of benzene rings is 3. The minimum atomic E-state index is -2.66. The Hall–Kier alpha value is -4.67. The third kappa shape index (κ3) is 7.10. The summed E-state index contributed by atoms with van der Waals surface area (Å²) in [5.41, 5.74) is 6.37. The zero-order chi connectivity index (χ0) is 33.5. The van der Waals surface area contributed by atoms with Crippen molar-refractivity contribution in [1.29, 1.82) is 0 Å². The van der Waals surface area contributed by atoms with Gasteiger partial charge in [-0.3, -0.25) is 4.79 Å². The molecule has 5 aromatic rings. The number of aromatic nitrogens is 4. The fraction of sp³-hybridized carbons (Fsp3) is 0.378. The van der Waals surface area contributed by atoms with Gasteiger partial charge >= 0.3 is 0 Å². The molecule has 0 bridgehead atoms. The van der Waals surface area contributed by atoms with Crippen LogP contribution in [0.25, 0.3) is 44.2 Å². The first kappa shape index (κ1) is 31.9. The smallest absolute Gasteiger partial charge is 0.248 e. The van der Waals surface area contributed by atoms with E-state index in [9.17, 15) is 22.4 Å². The number of carbonyl (C=O) groups excluding carboxylic acids is 1. The minimum absolute atomic E-state index is 0.0531. The van der Waals surface area contributed by atoms with Crippen LogP contribution < -0.4 is 10.6 Å². The summed E-state index contributed by atoms with van der Waals surface area (Å²) in [4.78, 5) is 28.3. The second-order valence-corrected chi connectivity index (χ2v) is 13.3. The molecule has 0 atom stereocenters. The van der Waals surface area contributed by atoms with Crippen LogP contribution in [0.1, 0.15) is 63.0 Å². The SMILES string of the molecule is C=C(NCc1ncc(-c2ccc3cc(-c4ccc5nc(CNC(=O)C6CCC(F)(F)CC6)[nH]c5c4)ccc3c2)[nH]1)C1CCC(F)(F)CC1. The van der Waals surface area contributed by atoms with Crippen molar-refractivity contribution in [2.75, 3.05) is 0 Å². The molecule has 3 aromatic carbocycles. The summed E-state index contributed by atoms with van der Waals surface area (Å²) in [5.74, 6) is -4.39. The Labute approximate surface area is 275 Å². The number of amides is 1. The molecule has 2 saturated carbocycles. The van der Waals surface area contributed by atoms with E-state index in [2.05, 4.69) is 73.5 Å². The van der Waals surface area contributed by atoms with Crippen molar-refractivity contribution in [3.8, 4) is 22.4 Å². The van der Waals surface area contributed by atoms with Gasteiger partial charge in [0.15, 0.2) is 0 Å². The number of H-pyrrole nitrogens is 2. The molecule has 250 valence electrons. The van der Waals surface area contributed by atoms with Crippen molar-refractivity contribution in [3.05, 3.63) is 84.7 Å². The molecule has 2 aromatic heterocycles. The molecule has 2 heterocycles. The van der Waals surface area contributed by atoms with E-state index in [1.54, 1.807) is 6.20 Å². The molecule has 2 aliphatic rings. The van der Waals surface area contributed by atoms with Gasteiger partial charge < -0.3 is 20.6 Å². The summed E-state index contributed by atoms with van der Waals surface area (Å²) in [6.07, 6.45) is 2.41. The lowest BCUT2D eigenvalue weighted by Crippen LogP contribution is -2.35. The average Bonchev–Trinajstić information content (AvgIpc) is 3.72. The van der Waals surface area contributed by atoms with Crippen LogP contribution in [-0.2, 0) is 17.9 Å². The number of hydrogen-bond acceptors (Lipinski definition) is 4. The summed E-state index contributed by atoms with van der Waals surface area (Å²) in [5, 5.41) is 8.29. The highest BCUT2D eigenvalue weighted by Gasteiger charge is 2.37. The van der Waals surface area contributed by atoms with Crippen molar-refractivity contribution in [1.82, 2.24) is 30.6 Å². The first-order chi connectivity index (χ1) is 23.0. The Balaban J connectivity index is 0.976. The topological polar surface area (TPSA) is 98.5 Å². The van der Waals surface area contributed by atoms with E-state index in [0.717, 1.165) is 55.7 Å². The molecular formula is C37H38F4N6O. The van der Waals surface area contributed by atoms with E-state index < -0.39 is 11.8 Å². The highest BCUT2D eigenvalue weighted by Crippen LogP contribution is 2.38. The monoisotopic (exact) mass is 658 g/mol. The molecule has 0 saturated heterocycles. The molecule has 1 amide bonds. The van der Waals surface area contributed by atoms with E-state index in [1.165, 1.54) is 0 Å². The maximum absolute atomic E-state index is 13.5. The number of aromatic amines is 2. The number of fused-ring (bicyclic) bond motifs is 2. The third-order valence-corrected chi connectivity index (χ3v) is 9.85. The zero-order valence-electron chi connectivity index (χ0n) is 26.5. The number of nitrogens with zero attached hydrogens (tertiary/aromatic N) is 2. The highest BCUT2D eigenvalue weighted by atomic mass is 19.3. The van der Waals surface area contributed by atoms with Crippen molar-refractivity contribution in [2.45, 2.75) is 76.3 Å². The second-order valence-electron chi connectivity index (χ2n) is 13.3. The van der Waals surface area contributed by atoms with Gasteiger partial charge in [-0.05, 0) is 77.8 Å². The Morgan fingerprint density at radius 3 is 2.04 bits per heavy atom. The number of rotatable bonds is 9. The summed E-state index contributed by atoms with van der Waals surface area (Å²) < 4.78 is 53.9. The van der Waals surface area contributed by atoms with E-state index in [1.807, 2.05) is 18.2 Å². The lowest BCUT2D eigenvalue weighted by Gasteiger charge is -2.29. The molecule has 0 aliphatic heterocycles. The van der Waals surface area contributed by atoms with Crippen molar-refractivity contribution in [2.24, 2.45) is 11.8 Å². The number of carbonyl (C=O) groups is 1. The first-order valence-corrected chi connectivity index (χ1v) is 16.5. The summed E-state index contributed by atoms with van der Waals surface area (Å²) in [6.45, 7) is 4.74. The van der Waals surface area contributed by atoms with Crippen LogP contribution >= 0.6 is 0 Å². The van der Waals surface area contributed by atoms with Crippen LogP contribution in [0.3, 0.4) is 0 Å². The third-order valence-electron chi connectivity index (χ3n) is 9.85. The number of allylic oxidation sites excluding steroid dienone is 1. The largest absolute Gasteiger partial charge is 0.381 e. The Morgan fingerprint density at radius 2 is 1.33 bits per heavy atom. The number of alkyl halides is 4. The second kappa shape index (κ2) is 12.7. The van der Waals surface area contributed by atoms with Gasteiger partial charge in [0.1, 0.15) is 11.6 Å². The van der Waals surface area contributed by atoms with Crippen LogP contribution in [0.4, 0.5) is 17.6 Å². The molecule has 7 rings (SSSR count). The molecule has 0 spiro atoms. The van der Waals surface area contributed by atoms with Gasteiger partial charge in [0.05, 0.1) is 36.0 Å². The van der Waals surface area contributed by atoms with Crippen LogP contribution in [-0.4, -0.2) is 37.7 Å². The molecule has 7 nitrogen and oxygen atoms in total. The van der Waals surface area contributed by atoms with Crippen LogP contribution in [0, 0.1) is 11.8 Å². The van der Waals surface area contributed by atoms with Gasteiger partial charge in [-0.25, -0.2) is 27.5 Å². The highest BCUT2D eigenvalue weighted by molar-refractivity contribution is 5.91. The van der Waals surface area contributed by atoms with Gasteiger partial charge in [-0.1, -0.05) is 36.9 Å². The maximum atomic E-state index is 13.5. The molecule has 4 N–H and O–H groups in total. The number of imidazole rings is 2. The standard InChI is InChI=1S/C37H38F4N6O/c1-22(23-8-12-36(38,39)13-9-23)42-20-33-43-19-32(47-33)29-5-4-25-16-26(2-3-27(25)17-29)28-6-7-30-31(18-28)46-34(45-30)21-44-35(48)24-10-14-37(40,41)15-11-24/h2-7,16-19,23-24,42H,1,8-15,20-21H2,(H,43,47)(H,44,48)(H,45,46). The summed E-state index contributed by atoms with van der Waals surface area (Å²) in [7, 11) is 0. The Bertz CT molecular complexity index is 1960. The average molecular weight is 659 g/mol. The van der Waals surface area contributed by atoms with Crippen LogP contribution in [0.5, 0.6) is 0 Å². The summed E-state index contributed by atoms with van der Waals surface area (Å²) >= 11 is 0. The van der Waals surface area contributed by atoms with E-state index in [0.29, 0.717) is 25.2 Å². The van der Waals surface area contributed by atoms with E-state index >= 15 is 0 Å². The first-order valence-electron chi connectivity index (χ1n) is 16.5. The normalized spacial score (nSPS) is 18.2. The van der Waals surface area contributed by atoms with Crippen molar-refractivity contribution >= 4 is 27.7 Å². The fourth-order valence-corrected chi connectivity index (χ4v) is 6.87. The van der Waals surface area contributed by atoms with Crippen molar-refractivity contribution < 1.29 is 22.4 Å². The molecule has 48 heavy (non-hydrogen) atoms. The fourth-order valence-electron chi connectivity index (χ4n) is 6.87. The maximum Gasteiger partial charge on any atom is 0.248 e. The van der Waals surface area contributed by atoms with Gasteiger partial charge in [-0.2, -0.15) is 0 Å². The number of halogens is 4. The Morgan fingerprint density at radius 1 is 0.750 bits per heavy atom. The zero-order valence-corrected chi connectivity index (χ0v) is 26.5. The van der Waals surface area contributed by atoms with Gasteiger partial charge in [0.2, 0.25) is 17.8 Å². The molecule has 2 fully saturated rings. The molecule has 0 unspecified atom stereocenters. The Kier molecular flexibility index (Phi) is 8.47. The number of hydrogen-bond donors (Lipinski definition) is 4. The van der Waals surface area contributed by atoms with Gasteiger partial charge in [0.25, 0.3) is 0 Å². The summed E-state index contributed by atoms with van der Waals surface area (Å²) in [6, 6.07) is 18.5. The predicted octanol–water partition coefficient (Wildman–Crippen LogP) is 8.64. The van der Waals surface area contributed by atoms with Crippen LogP contribution in [0.15, 0.2) is 73.1 Å².